The van der Waals surface area contributed by atoms with Crippen LogP contribution in [0.15, 0.2) is 28.7 Å². The van der Waals surface area contributed by atoms with Gasteiger partial charge < -0.3 is 10.4 Å². The first kappa shape index (κ1) is 13.2. The van der Waals surface area contributed by atoms with Crippen LogP contribution in [0.3, 0.4) is 0 Å². The van der Waals surface area contributed by atoms with Crippen LogP contribution >= 0.6 is 15.9 Å². The van der Waals surface area contributed by atoms with Crippen LogP contribution in [0.1, 0.15) is 30.1 Å². The smallest absolute Gasteiger partial charge is 0.252 e. The molecule has 0 aliphatic carbocycles. The zero-order valence-electron chi connectivity index (χ0n) is 9.24. The van der Waals surface area contributed by atoms with Gasteiger partial charge in [0.15, 0.2) is 0 Å². The van der Waals surface area contributed by atoms with Crippen LogP contribution in [0.2, 0.25) is 0 Å². The largest absolute Gasteiger partial charge is 0.391 e. The number of carbonyl (C=O) groups is 1. The molecule has 1 aromatic carbocycles. The van der Waals surface area contributed by atoms with E-state index < -0.39 is 6.10 Å². The third-order valence-corrected chi connectivity index (χ3v) is 2.93. The lowest BCUT2D eigenvalue weighted by atomic mass is 10.2. The molecular formula is C12H16BrNO2. The molecule has 16 heavy (non-hydrogen) atoms. The van der Waals surface area contributed by atoms with E-state index in [-0.39, 0.29) is 5.91 Å². The molecule has 88 valence electrons. The fourth-order valence-corrected chi connectivity index (χ4v) is 1.85. The maximum absolute atomic E-state index is 11.7. The van der Waals surface area contributed by atoms with Crippen molar-refractivity contribution in [3.63, 3.8) is 0 Å². The summed E-state index contributed by atoms with van der Waals surface area (Å²) in [6.07, 6.45) is 1.15. The monoisotopic (exact) mass is 285 g/mol. The van der Waals surface area contributed by atoms with E-state index in [1.165, 1.54) is 0 Å². The van der Waals surface area contributed by atoms with Gasteiger partial charge in [0.2, 0.25) is 0 Å². The van der Waals surface area contributed by atoms with Crippen LogP contribution in [0.25, 0.3) is 0 Å². The summed E-state index contributed by atoms with van der Waals surface area (Å²) in [5, 5.41) is 12.2. The van der Waals surface area contributed by atoms with Gasteiger partial charge in [0.25, 0.3) is 5.91 Å². The van der Waals surface area contributed by atoms with Crippen LogP contribution < -0.4 is 5.32 Å². The van der Waals surface area contributed by atoms with Gasteiger partial charge >= 0.3 is 0 Å². The van der Waals surface area contributed by atoms with Crippen LogP contribution in [0.5, 0.6) is 0 Å². The standard InChI is InChI=1S/C12H16BrNO2/c1-2-5-9(15)8-14-12(16)10-6-3-4-7-11(10)13/h3-4,6-7,9,15H,2,5,8H2,1H3,(H,14,16). The number of benzene rings is 1. The Hall–Kier alpha value is -0.870. The zero-order valence-corrected chi connectivity index (χ0v) is 10.8. The predicted octanol–water partition coefficient (Wildman–Crippen LogP) is 2.34. The van der Waals surface area contributed by atoms with Crippen molar-refractivity contribution in [3.8, 4) is 0 Å². The lowest BCUT2D eigenvalue weighted by Crippen LogP contribution is -2.32. The van der Waals surface area contributed by atoms with E-state index in [4.69, 9.17) is 0 Å². The Kier molecular flexibility index (Phi) is 5.49. The van der Waals surface area contributed by atoms with Gasteiger partial charge in [-0.05, 0) is 34.5 Å². The number of hydrogen-bond acceptors (Lipinski definition) is 2. The van der Waals surface area contributed by atoms with Gasteiger partial charge in [0.1, 0.15) is 0 Å². The van der Waals surface area contributed by atoms with E-state index in [0.717, 1.165) is 10.9 Å². The number of carbonyl (C=O) groups excluding carboxylic acids is 1. The maximum Gasteiger partial charge on any atom is 0.252 e. The van der Waals surface area contributed by atoms with E-state index in [0.29, 0.717) is 18.5 Å². The molecule has 0 aliphatic rings. The molecule has 1 unspecified atom stereocenters. The minimum Gasteiger partial charge on any atom is -0.391 e. The van der Waals surface area contributed by atoms with Crippen LogP contribution in [-0.2, 0) is 0 Å². The van der Waals surface area contributed by atoms with Crippen molar-refractivity contribution < 1.29 is 9.90 Å². The quantitative estimate of drug-likeness (QED) is 0.873. The molecule has 0 fully saturated rings. The van der Waals surface area contributed by atoms with Crippen molar-refractivity contribution in [2.45, 2.75) is 25.9 Å². The summed E-state index contributed by atoms with van der Waals surface area (Å²) >= 11 is 3.31. The van der Waals surface area contributed by atoms with E-state index in [1.54, 1.807) is 6.07 Å². The third kappa shape index (κ3) is 3.94. The van der Waals surface area contributed by atoms with Crippen LogP contribution in [0, 0.1) is 0 Å². The normalized spacial score (nSPS) is 12.2. The van der Waals surface area contributed by atoms with E-state index >= 15 is 0 Å². The highest BCUT2D eigenvalue weighted by Crippen LogP contribution is 2.15. The summed E-state index contributed by atoms with van der Waals surface area (Å²) in [7, 11) is 0. The predicted molar refractivity (Wildman–Crippen MR) is 67.4 cm³/mol. The van der Waals surface area contributed by atoms with Gasteiger partial charge in [0.05, 0.1) is 11.7 Å². The number of halogens is 1. The van der Waals surface area contributed by atoms with Crippen LogP contribution in [-0.4, -0.2) is 23.7 Å². The van der Waals surface area contributed by atoms with Crippen molar-refractivity contribution in [1.29, 1.82) is 0 Å². The topological polar surface area (TPSA) is 49.3 Å². The second-order valence-electron chi connectivity index (χ2n) is 3.63. The van der Waals surface area contributed by atoms with Gasteiger partial charge in [0, 0.05) is 11.0 Å². The Balaban J connectivity index is 2.50. The summed E-state index contributed by atoms with van der Waals surface area (Å²) < 4.78 is 0.762. The molecular weight excluding hydrogens is 270 g/mol. The van der Waals surface area contributed by atoms with Gasteiger partial charge in [-0.25, -0.2) is 0 Å². The molecule has 2 N–H and O–H groups in total. The van der Waals surface area contributed by atoms with Gasteiger partial charge in [-0.1, -0.05) is 25.5 Å². The SMILES string of the molecule is CCCC(O)CNC(=O)c1ccccc1Br. The molecule has 1 rings (SSSR count). The number of hydrogen-bond donors (Lipinski definition) is 2. The molecule has 1 amide bonds. The van der Waals surface area contributed by atoms with E-state index in [9.17, 15) is 9.90 Å². The van der Waals surface area contributed by atoms with Crippen molar-refractivity contribution in [1.82, 2.24) is 5.32 Å². The average Bonchev–Trinajstić information content (AvgIpc) is 2.27. The maximum atomic E-state index is 11.7. The number of nitrogens with one attached hydrogen (secondary N) is 1. The zero-order chi connectivity index (χ0) is 12.0. The summed E-state index contributed by atoms with van der Waals surface area (Å²) in [5.41, 5.74) is 0.589. The Morgan fingerprint density at radius 2 is 2.19 bits per heavy atom. The highest BCUT2D eigenvalue weighted by atomic mass is 79.9. The molecule has 0 spiro atoms. The fraction of sp³-hybridized carbons (Fsp3) is 0.417. The van der Waals surface area contributed by atoms with Gasteiger partial charge in [-0.3, -0.25) is 4.79 Å². The molecule has 0 saturated heterocycles. The number of amides is 1. The summed E-state index contributed by atoms with van der Waals surface area (Å²) in [6, 6.07) is 7.22. The lowest BCUT2D eigenvalue weighted by molar-refractivity contribution is 0.0909. The molecule has 4 heteroatoms. The molecule has 1 atom stereocenters. The van der Waals surface area contributed by atoms with Crippen molar-refractivity contribution in [2.75, 3.05) is 6.54 Å². The Labute approximate surface area is 104 Å². The molecule has 0 aromatic heterocycles. The van der Waals surface area contributed by atoms with Gasteiger partial charge in [-0.2, -0.15) is 0 Å². The number of rotatable bonds is 5. The highest BCUT2D eigenvalue weighted by molar-refractivity contribution is 9.10. The van der Waals surface area contributed by atoms with Crippen LogP contribution in [0.4, 0.5) is 0 Å². The summed E-state index contributed by atoms with van der Waals surface area (Å²) in [5.74, 6) is -0.164. The summed E-state index contributed by atoms with van der Waals surface area (Å²) in [4.78, 5) is 11.7. The summed E-state index contributed by atoms with van der Waals surface area (Å²) in [6.45, 7) is 2.30. The first-order valence-corrected chi connectivity index (χ1v) is 6.15. The second kappa shape index (κ2) is 6.66. The Morgan fingerprint density at radius 1 is 1.50 bits per heavy atom. The van der Waals surface area contributed by atoms with Crippen molar-refractivity contribution in [3.05, 3.63) is 34.3 Å². The minimum atomic E-state index is -0.462. The molecule has 1 aromatic rings. The fourth-order valence-electron chi connectivity index (χ4n) is 1.39. The molecule has 0 bridgehead atoms. The lowest BCUT2D eigenvalue weighted by Gasteiger charge is -2.11. The Bertz CT molecular complexity index is 355. The third-order valence-electron chi connectivity index (χ3n) is 2.24. The number of aliphatic hydroxyl groups excluding tert-OH is 1. The van der Waals surface area contributed by atoms with Crippen molar-refractivity contribution in [2.24, 2.45) is 0 Å². The molecule has 3 nitrogen and oxygen atoms in total. The molecule has 0 radical (unpaired) electrons. The second-order valence-corrected chi connectivity index (χ2v) is 4.49. The highest BCUT2D eigenvalue weighted by Gasteiger charge is 2.10. The van der Waals surface area contributed by atoms with E-state index in [2.05, 4.69) is 21.2 Å². The molecule has 0 heterocycles. The Morgan fingerprint density at radius 3 is 2.81 bits per heavy atom. The van der Waals surface area contributed by atoms with Gasteiger partial charge in [-0.15, -0.1) is 0 Å². The average molecular weight is 286 g/mol. The van der Waals surface area contributed by atoms with E-state index in [1.807, 2.05) is 25.1 Å². The molecule has 0 saturated carbocycles. The first-order valence-electron chi connectivity index (χ1n) is 5.36. The first-order chi connectivity index (χ1) is 7.65. The van der Waals surface area contributed by atoms with Crippen molar-refractivity contribution >= 4 is 21.8 Å². The minimum absolute atomic E-state index is 0.164. The molecule has 0 aliphatic heterocycles. The number of aliphatic hydroxyl groups is 1.